The van der Waals surface area contributed by atoms with Crippen molar-refractivity contribution in [2.75, 3.05) is 11.9 Å². The lowest BCUT2D eigenvalue weighted by molar-refractivity contribution is -0.111. The van der Waals surface area contributed by atoms with Crippen molar-refractivity contribution in [3.8, 4) is 5.88 Å². The number of nitrogens with one attached hydrogen (secondary N) is 2. The van der Waals surface area contributed by atoms with E-state index in [1.165, 1.54) is 18.5 Å². The zero-order chi connectivity index (χ0) is 16.8. The molecule has 0 radical (unpaired) electrons. The highest BCUT2D eigenvalue weighted by atomic mass is 16.5. The standard InChI is InChI=1S/C17H16N4O3/c22-8-4-7-14(23)21-13-9-18-16-15(13)17(20-11-19-16)24-10-12-5-2-1-3-6-12/h1-7,9,11,22H,8,10H2,(H,21,23)(H,18,19,20)/b7-4+. The first kappa shape index (κ1) is 15.7. The summed E-state index contributed by atoms with van der Waals surface area (Å²) in [6.45, 7) is 0.159. The predicted octanol–water partition coefficient (Wildman–Crippen LogP) is 2.02. The Hall–Kier alpha value is -3.19. The maximum absolute atomic E-state index is 11.8. The van der Waals surface area contributed by atoms with E-state index in [9.17, 15) is 4.79 Å². The summed E-state index contributed by atoms with van der Waals surface area (Å²) >= 11 is 0. The molecule has 7 nitrogen and oxygen atoms in total. The Morgan fingerprint density at radius 2 is 2.12 bits per heavy atom. The van der Waals surface area contributed by atoms with Gasteiger partial charge in [-0.1, -0.05) is 36.4 Å². The van der Waals surface area contributed by atoms with Crippen molar-refractivity contribution in [1.29, 1.82) is 0 Å². The molecular formula is C17H16N4O3. The molecule has 2 heterocycles. The molecule has 0 saturated heterocycles. The molecule has 3 N–H and O–H groups in total. The van der Waals surface area contributed by atoms with Gasteiger partial charge in [0.15, 0.2) is 0 Å². The van der Waals surface area contributed by atoms with E-state index in [0.29, 0.717) is 29.2 Å². The average molecular weight is 324 g/mol. The second-order valence-electron chi connectivity index (χ2n) is 4.95. The van der Waals surface area contributed by atoms with Crippen LogP contribution in [0, 0.1) is 0 Å². The molecule has 0 atom stereocenters. The Morgan fingerprint density at radius 1 is 1.29 bits per heavy atom. The van der Waals surface area contributed by atoms with Crippen LogP contribution in [0.15, 0.2) is 55.0 Å². The van der Waals surface area contributed by atoms with Gasteiger partial charge in [-0.15, -0.1) is 0 Å². The van der Waals surface area contributed by atoms with Crippen molar-refractivity contribution < 1.29 is 14.6 Å². The molecule has 2 aromatic heterocycles. The van der Waals surface area contributed by atoms with E-state index in [1.54, 1.807) is 6.20 Å². The molecule has 1 amide bonds. The number of carbonyl (C=O) groups excluding carboxylic acids is 1. The third-order valence-electron chi connectivity index (χ3n) is 3.29. The number of hydrogen-bond donors (Lipinski definition) is 3. The Kier molecular flexibility index (Phi) is 4.83. The number of nitrogens with zero attached hydrogens (tertiary/aromatic N) is 2. The van der Waals surface area contributed by atoms with Crippen molar-refractivity contribution in [2.45, 2.75) is 6.61 Å². The summed E-state index contributed by atoms with van der Waals surface area (Å²) in [5, 5.41) is 12.0. The van der Waals surface area contributed by atoms with Crippen LogP contribution >= 0.6 is 0 Å². The highest BCUT2D eigenvalue weighted by Crippen LogP contribution is 2.29. The van der Waals surface area contributed by atoms with Crippen molar-refractivity contribution in [3.05, 3.63) is 60.6 Å². The maximum Gasteiger partial charge on any atom is 0.248 e. The second kappa shape index (κ2) is 7.38. The van der Waals surface area contributed by atoms with Crippen LogP contribution in [-0.2, 0) is 11.4 Å². The van der Waals surface area contributed by atoms with Gasteiger partial charge in [-0.2, -0.15) is 0 Å². The molecule has 0 aliphatic carbocycles. The summed E-state index contributed by atoms with van der Waals surface area (Å²) in [6, 6.07) is 9.72. The summed E-state index contributed by atoms with van der Waals surface area (Å²) in [4.78, 5) is 23.1. The molecule has 0 unspecified atom stereocenters. The van der Waals surface area contributed by atoms with Gasteiger partial charge in [0.2, 0.25) is 11.8 Å². The molecule has 24 heavy (non-hydrogen) atoms. The topological polar surface area (TPSA) is 100 Å². The Bertz CT molecular complexity index is 859. The Morgan fingerprint density at radius 3 is 2.92 bits per heavy atom. The maximum atomic E-state index is 11.8. The number of fused-ring (bicyclic) bond motifs is 1. The first-order valence-corrected chi connectivity index (χ1v) is 7.35. The monoisotopic (exact) mass is 324 g/mol. The van der Waals surface area contributed by atoms with Gasteiger partial charge in [0.05, 0.1) is 12.3 Å². The third-order valence-corrected chi connectivity index (χ3v) is 3.29. The van der Waals surface area contributed by atoms with Gasteiger partial charge in [0, 0.05) is 12.3 Å². The Labute approximate surface area is 138 Å². The SMILES string of the molecule is O=C(/C=C/CO)Nc1c[nH]c2ncnc(OCc3ccccc3)c12. The summed E-state index contributed by atoms with van der Waals surface area (Å²) in [5.74, 6) is 0.0225. The van der Waals surface area contributed by atoms with Crippen LogP contribution in [0.25, 0.3) is 11.0 Å². The molecule has 0 saturated carbocycles. The summed E-state index contributed by atoms with van der Waals surface area (Å²) in [7, 11) is 0. The van der Waals surface area contributed by atoms with Gasteiger partial charge < -0.3 is 20.1 Å². The predicted molar refractivity (Wildman–Crippen MR) is 89.5 cm³/mol. The van der Waals surface area contributed by atoms with Crippen LogP contribution < -0.4 is 10.1 Å². The van der Waals surface area contributed by atoms with E-state index in [1.807, 2.05) is 30.3 Å². The Balaban J connectivity index is 1.84. The number of carbonyl (C=O) groups is 1. The lowest BCUT2D eigenvalue weighted by Crippen LogP contribution is -2.08. The number of benzene rings is 1. The number of aliphatic hydroxyl groups is 1. The molecule has 0 spiro atoms. The first-order valence-electron chi connectivity index (χ1n) is 7.35. The number of hydrogen-bond acceptors (Lipinski definition) is 5. The molecule has 3 aromatic rings. The van der Waals surface area contributed by atoms with Gasteiger partial charge in [0.1, 0.15) is 24.0 Å². The summed E-state index contributed by atoms with van der Waals surface area (Å²) < 4.78 is 5.79. The molecular weight excluding hydrogens is 308 g/mol. The van der Waals surface area contributed by atoms with E-state index in [-0.39, 0.29) is 12.5 Å². The van der Waals surface area contributed by atoms with E-state index < -0.39 is 0 Å². The van der Waals surface area contributed by atoms with Gasteiger partial charge in [-0.25, -0.2) is 9.97 Å². The quantitative estimate of drug-likeness (QED) is 0.602. The molecule has 0 fully saturated rings. The van der Waals surface area contributed by atoms with Crippen molar-refractivity contribution in [3.63, 3.8) is 0 Å². The van der Waals surface area contributed by atoms with Crippen LogP contribution in [0.2, 0.25) is 0 Å². The lowest BCUT2D eigenvalue weighted by Gasteiger charge is -2.07. The minimum atomic E-state index is -0.359. The van der Waals surface area contributed by atoms with Crippen molar-refractivity contribution in [1.82, 2.24) is 15.0 Å². The zero-order valence-electron chi connectivity index (χ0n) is 12.8. The number of aromatic amines is 1. The summed E-state index contributed by atoms with van der Waals surface area (Å²) in [6.07, 6.45) is 5.64. The van der Waals surface area contributed by atoms with Crippen molar-refractivity contribution in [2.24, 2.45) is 0 Å². The van der Waals surface area contributed by atoms with Gasteiger partial charge >= 0.3 is 0 Å². The number of rotatable bonds is 6. The molecule has 1 aromatic carbocycles. The van der Waals surface area contributed by atoms with Crippen LogP contribution in [0.1, 0.15) is 5.56 Å². The summed E-state index contributed by atoms with van der Waals surface area (Å²) in [5.41, 5.74) is 2.09. The van der Waals surface area contributed by atoms with Crippen LogP contribution in [0.5, 0.6) is 5.88 Å². The van der Waals surface area contributed by atoms with E-state index in [0.717, 1.165) is 5.56 Å². The molecule has 0 aliphatic heterocycles. The fourth-order valence-corrected chi connectivity index (χ4v) is 2.20. The van der Waals surface area contributed by atoms with Gasteiger partial charge in [-0.05, 0) is 5.56 Å². The van der Waals surface area contributed by atoms with Crippen LogP contribution in [0.3, 0.4) is 0 Å². The average Bonchev–Trinajstić information content (AvgIpc) is 3.02. The van der Waals surface area contributed by atoms with E-state index in [2.05, 4.69) is 20.3 Å². The van der Waals surface area contributed by atoms with Crippen molar-refractivity contribution >= 4 is 22.6 Å². The zero-order valence-corrected chi connectivity index (χ0v) is 12.8. The van der Waals surface area contributed by atoms with E-state index in [4.69, 9.17) is 9.84 Å². The number of H-pyrrole nitrogens is 1. The van der Waals surface area contributed by atoms with Crippen LogP contribution in [0.4, 0.5) is 5.69 Å². The molecule has 0 bridgehead atoms. The number of amides is 1. The largest absolute Gasteiger partial charge is 0.472 e. The van der Waals surface area contributed by atoms with Gasteiger partial charge in [0.25, 0.3) is 0 Å². The number of ether oxygens (including phenoxy) is 1. The normalized spacial score (nSPS) is 11.0. The second-order valence-corrected chi connectivity index (χ2v) is 4.95. The fourth-order valence-electron chi connectivity index (χ4n) is 2.20. The molecule has 7 heteroatoms. The number of anilines is 1. The number of aliphatic hydroxyl groups excluding tert-OH is 1. The first-order chi connectivity index (χ1) is 11.8. The molecule has 3 rings (SSSR count). The van der Waals surface area contributed by atoms with Crippen LogP contribution in [-0.4, -0.2) is 32.6 Å². The minimum Gasteiger partial charge on any atom is -0.472 e. The minimum absolute atomic E-state index is 0.199. The number of aromatic nitrogens is 3. The fraction of sp³-hybridized carbons (Fsp3) is 0.118. The third kappa shape index (κ3) is 3.58. The lowest BCUT2D eigenvalue weighted by atomic mass is 10.2. The highest BCUT2D eigenvalue weighted by Gasteiger charge is 2.13. The smallest absolute Gasteiger partial charge is 0.248 e. The van der Waals surface area contributed by atoms with E-state index >= 15 is 0 Å². The highest BCUT2D eigenvalue weighted by molar-refractivity contribution is 6.06. The van der Waals surface area contributed by atoms with Gasteiger partial charge in [-0.3, -0.25) is 4.79 Å². The molecule has 122 valence electrons. The molecule has 0 aliphatic rings.